The first kappa shape index (κ1) is 16.0. The molecule has 2 aromatic heterocycles. The van der Waals surface area contributed by atoms with Gasteiger partial charge in [0.25, 0.3) is 5.91 Å². The highest BCUT2D eigenvalue weighted by Gasteiger charge is 2.24. The highest BCUT2D eigenvalue weighted by molar-refractivity contribution is 7.22. The first-order valence-electron chi connectivity index (χ1n) is 8.44. The van der Waals surface area contributed by atoms with Crippen molar-refractivity contribution in [1.29, 1.82) is 0 Å². The van der Waals surface area contributed by atoms with Gasteiger partial charge in [-0.05, 0) is 43.2 Å². The van der Waals surface area contributed by atoms with Crippen LogP contribution in [0.2, 0.25) is 0 Å². The van der Waals surface area contributed by atoms with Gasteiger partial charge in [-0.15, -0.1) is 0 Å². The van der Waals surface area contributed by atoms with Crippen LogP contribution in [0.4, 0.5) is 5.13 Å². The zero-order chi connectivity index (χ0) is 17.4. The third kappa shape index (κ3) is 3.09. The Labute approximate surface area is 150 Å². The maximum atomic E-state index is 12.5. The summed E-state index contributed by atoms with van der Waals surface area (Å²) in [5.74, 6) is 0.0813. The molecule has 3 heterocycles. The van der Waals surface area contributed by atoms with Gasteiger partial charge in [-0.2, -0.15) is 0 Å². The summed E-state index contributed by atoms with van der Waals surface area (Å²) in [6.07, 6.45) is 3.32. The topological polar surface area (TPSA) is 49.3 Å². The van der Waals surface area contributed by atoms with Gasteiger partial charge >= 0.3 is 0 Å². The summed E-state index contributed by atoms with van der Waals surface area (Å²) < 4.78 is 1.24. The SMILES string of the molecule is Cc1cc(C)c2nc(N3CCN(C(=O)c4ccncc4)CC3)sc2c1. The van der Waals surface area contributed by atoms with Crippen molar-refractivity contribution >= 4 is 32.6 Å². The fourth-order valence-electron chi connectivity index (χ4n) is 3.27. The van der Waals surface area contributed by atoms with Gasteiger partial charge < -0.3 is 9.80 Å². The van der Waals surface area contributed by atoms with Crippen LogP contribution in [0.1, 0.15) is 21.5 Å². The Balaban J connectivity index is 1.49. The predicted molar refractivity (Wildman–Crippen MR) is 101 cm³/mol. The number of aromatic nitrogens is 2. The third-order valence-corrected chi connectivity index (χ3v) is 5.65. The second kappa shape index (κ2) is 6.44. The molecule has 1 aromatic carbocycles. The number of carbonyl (C=O) groups excluding carboxylic acids is 1. The molecule has 25 heavy (non-hydrogen) atoms. The van der Waals surface area contributed by atoms with E-state index in [1.807, 2.05) is 4.90 Å². The van der Waals surface area contributed by atoms with E-state index in [9.17, 15) is 4.79 Å². The van der Waals surface area contributed by atoms with E-state index in [0.717, 1.165) is 36.8 Å². The second-order valence-corrected chi connectivity index (χ2v) is 7.45. The van der Waals surface area contributed by atoms with E-state index < -0.39 is 0 Å². The third-order valence-electron chi connectivity index (χ3n) is 4.58. The number of piperazine rings is 1. The number of rotatable bonds is 2. The van der Waals surface area contributed by atoms with Crippen molar-refractivity contribution in [1.82, 2.24) is 14.9 Å². The van der Waals surface area contributed by atoms with Crippen molar-refractivity contribution in [3.8, 4) is 0 Å². The molecule has 0 bridgehead atoms. The first-order valence-corrected chi connectivity index (χ1v) is 9.25. The standard InChI is InChI=1S/C19H20N4OS/c1-13-11-14(2)17-16(12-13)25-19(21-17)23-9-7-22(8-10-23)18(24)15-3-5-20-6-4-15/h3-6,11-12H,7-10H2,1-2H3. The summed E-state index contributed by atoms with van der Waals surface area (Å²) in [6, 6.07) is 7.92. The Morgan fingerprint density at radius 2 is 1.80 bits per heavy atom. The number of pyridine rings is 1. The molecule has 3 aromatic rings. The average Bonchev–Trinajstić information content (AvgIpc) is 3.06. The molecular formula is C19H20N4OS. The summed E-state index contributed by atoms with van der Waals surface area (Å²) in [5.41, 5.74) is 4.30. The van der Waals surface area contributed by atoms with Gasteiger partial charge in [0.1, 0.15) is 0 Å². The Hall–Kier alpha value is -2.47. The molecule has 0 N–H and O–H groups in total. The molecule has 1 fully saturated rings. The van der Waals surface area contributed by atoms with Gasteiger partial charge in [-0.1, -0.05) is 17.4 Å². The number of amides is 1. The lowest BCUT2D eigenvalue weighted by molar-refractivity contribution is 0.0746. The van der Waals surface area contributed by atoms with Crippen LogP contribution in [-0.4, -0.2) is 47.0 Å². The van der Waals surface area contributed by atoms with Gasteiger partial charge in [0, 0.05) is 44.1 Å². The van der Waals surface area contributed by atoms with E-state index in [2.05, 4.69) is 35.9 Å². The molecule has 0 spiro atoms. The van der Waals surface area contributed by atoms with Crippen LogP contribution in [0.15, 0.2) is 36.7 Å². The maximum absolute atomic E-state index is 12.5. The van der Waals surface area contributed by atoms with Crippen molar-refractivity contribution in [3.05, 3.63) is 53.3 Å². The summed E-state index contributed by atoms with van der Waals surface area (Å²) >= 11 is 1.74. The molecule has 0 aliphatic carbocycles. The van der Waals surface area contributed by atoms with Gasteiger partial charge in [-0.3, -0.25) is 9.78 Å². The molecule has 6 heteroatoms. The lowest BCUT2D eigenvalue weighted by Crippen LogP contribution is -2.48. The molecule has 4 rings (SSSR count). The summed E-state index contributed by atoms with van der Waals surface area (Å²) in [5, 5.41) is 1.06. The highest BCUT2D eigenvalue weighted by atomic mass is 32.1. The van der Waals surface area contributed by atoms with Crippen LogP contribution < -0.4 is 4.90 Å². The van der Waals surface area contributed by atoms with Gasteiger partial charge in [0.15, 0.2) is 5.13 Å². The number of thiazole rings is 1. The van der Waals surface area contributed by atoms with E-state index in [4.69, 9.17) is 4.98 Å². The minimum absolute atomic E-state index is 0.0813. The molecule has 0 saturated carbocycles. The van der Waals surface area contributed by atoms with Crippen LogP contribution in [-0.2, 0) is 0 Å². The monoisotopic (exact) mass is 352 g/mol. The quantitative estimate of drug-likeness (QED) is 0.710. The lowest BCUT2D eigenvalue weighted by atomic mass is 10.1. The van der Waals surface area contributed by atoms with Crippen molar-refractivity contribution in [2.75, 3.05) is 31.1 Å². The lowest BCUT2D eigenvalue weighted by Gasteiger charge is -2.34. The van der Waals surface area contributed by atoms with E-state index in [0.29, 0.717) is 5.56 Å². The van der Waals surface area contributed by atoms with Crippen molar-refractivity contribution in [2.45, 2.75) is 13.8 Å². The van der Waals surface area contributed by atoms with Gasteiger partial charge in [0.2, 0.25) is 0 Å². The zero-order valence-electron chi connectivity index (χ0n) is 14.4. The van der Waals surface area contributed by atoms with Crippen LogP contribution in [0.5, 0.6) is 0 Å². The van der Waals surface area contributed by atoms with E-state index >= 15 is 0 Å². The summed E-state index contributed by atoms with van der Waals surface area (Å²) in [6.45, 7) is 7.30. The Bertz CT molecular complexity index is 914. The smallest absolute Gasteiger partial charge is 0.254 e. The number of nitrogens with zero attached hydrogens (tertiary/aromatic N) is 4. The summed E-state index contributed by atoms with van der Waals surface area (Å²) in [7, 11) is 0. The number of aryl methyl sites for hydroxylation is 2. The number of carbonyl (C=O) groups is 1. The Morgan fingerprint density at radius 1 is 1.08 bits per heavy atom. The molecular weight excluding hydrogens is 332 g/mol. The fraction of sp³-hybridized carbons (Fsp3) is 0.316. The molecule has 0 atom stereocenters. The Morgan fingerprint density at radius 3 is 2.52 bits per heavy atom. The highest BCUT2D eigenvalue weighted by Crippen LogP contribution is 2.32. The molecule has 0 unspecified atom stereocenters. The maximum Gasteiger partial charge on any atom is 0.254 e. The fourth-order valence-corrected chi connectivity index (χ4v) is 4.47. The van der Waals surface area contributed by atoms with Crippen LogP contribution in [0.3, 0.4) is 0 Å². The minimum atomic E-state index is 0.0813. The predicted octanol–water partition coefficient (Wildman–Crippen LogP) is 3.27. The molecule has 5 nitrogen and oxygen atoms in total. The number of benzene rings is 1. The Kier molecular flexibility index (Phi) is 4.13. The molecule has 1 amide bonds. The number of hydrogen-bond acceptors (Lipinski definition) is 5. The molecule has 1 aliphatic heterocycles. The minimum Gasteiger partial charge on any atom is -0.345 e. The number of anilines is 1. The van der Waals surface area contributed by atoms with Crippen LogP contribution >= 0.6 is 11.3 Å². The number of fused-ring (bicyclic) bond motifs is 1. The molecule has 1 saturated heterocycles. The van der Waals surface area contributed by atoms with Crippen molar-refractivity contribution in [2.24, 2.45) is 0 Å². The average molecular weight is 352 g/mol. The van der Waals surface area contributed by atoms with Crippen molar-refractivity contribution < 1.29 is 4.79 Å². The van der Waals surface area contributed by atoms with Gasteiger partial charge in [0.05, 0.1) is 10.2 Å². The number of hydrogen-bond donors (Lipinski definition) is 0. The van der Waals surface area contributed by atoms with Crippen LogP contribution in [0, 0.1) is 13.8 Å². The van der Waals surface area contributed by atoms with Gasteiger partial charge in [-0.25, -0.2) is 4.98 Å². The molecule has 1 aliphatic rings. The zero-order valence-corrected chi connectivity index (χ0v) is 15.2. The summed E-state index contributed by atoms with van der Waals surface area (Å²) in [4.78, 5) is 25.5. The van der Waals surface area contributed by atoms with E-state index in [1.54, 1.807) is 35.9 Å². The van der Waals surface area contributed by atoms with E-state index in [-0.39, 0.29) is 5.91 Å². The van der Waals surface area contributed by atoms with E-state index in [1.165, 1.54) is 15.8 Å². The largest absolute Gasteiger partial charge is 0.345 e. The van der Waals surface area contributed by atoms with Crippen molar-refractivity contribution in [3.63, 3.8) is 0 Å². The first-order chi connectivity index (χ1) is 12.1. The molecule has 128 valence electrons. The molecule has 0 radical (unpaired) electrons. The van der Waals surface area contributed by atoms with Crippen LogP contribution in [0.25, 0.3) is 10.2 Å². The second-order valence-electron chi connectivity index (χ2n) is 6.44. The normalized spacial score (nSPS) is 15.0.